The summed E-state index contributed by atoms with van der Waals surface area (Å²) in [5.41, 5.74) is 0. The second-order valence-electron chi connectivity index (χ2n) is 3.58. The van der Waals surface area contributed by atoms with Crippen LogP contribution < -0.4 is 9.88 Å². The molecule has 0 amide bonds. The third kappa shape index (κ3) is 5.37. The molecule has 4 nitrogen and oxygen atoms in total. The minimum Gasteiger partial charge on any atom is -0.494 e. The Morgan fingerprint density at radius 2 is 1.72 bits per heavy atom. The van der Waals surface area contributed by atoms with Gasteiger partial charge in [-0.3, -0.25) is 0 Å². The van der Waals surface area contributed by atoms with E-state index >= 15 is 0 Å². The Bertz CT molecular complexity index is 482. The molecule has 0 saturated heterocycles. The van der Waals surface area contributed by atoms with E-state index in [-0.39, 0.29) is 17.9 Å². The number of alkyl halides is 3. The van der Waals surface area contributed by atoms with Crippen LogP contribution in [0.1, 0.15) is 12.8 Å². The number of halogens is 3. The summed E-state index contributed by atoms with van der Waals surface area (Å²) < 4.78 is 62.4. The Morgan fingerprint density at radius 3 is 2.17 bits per heavy atom. The third-order valence-corrected chi connectivity index (χ3v) is 2.95. The topological polar surface area (TPSA) is 69.4 Å². The molecular formula is C10H12F3NO3S. The van der Waals surface area contributed by atoms with E-state index in [9.17, 15) is 21.6 Å². The van der Waals surface area contributed by atoms with Crippen molar-refractivity contribution in [2.24, 2.45) is 5.14 Å². The lowest BCUT2D eigenvalue weighted by Crippen LogP contribution is -2.12. The summed E-state index contributed by atoms with van der Waals surface area (Å²) in [4.78, 5) is -0.0786. The highest BCUT2D eigenvalue weighted by atomic mass is 32.2. The van der Waals surface area contributed by atoms with Gasteiger partial charge in [-0.15, -0.1) is 0 Å². The molecule has 0 fully saturated rings. The maximum absolute atomic E-state index is 11.8. The number of sulfonamides is 1. The Kier molecular flexibility index (Phi) is 4.58. The van der Waals surface area contributed by atoms with Crippen molar-refractivity contribution in [3.8, 4) is 5.75 Å². The van der Waals surface area contributed by atoms with Crippen LogP contribution in [-0.2, 0) is 10.0 Å². The van der Waals surface area contributed by atoms with Gasteiger partial charge in [0.2, 0.25) is 10.0 Å². The van der Waals surface area contributed by atoms with E-state index in [0.29, 0.717) is 5.75 Å². The molecule has 2 N–H and O–H groups in total. The quantitative estimate of drug-likeness (QED) is 0.841. The fourth-order valence-corrected chi connectivity index (χ4v) is 1.70. The first-order chi connectivity index (χ1) is 8.18. The van der Waals surface area contributed by atoms with E-state index in [2.05, 4.69) is 0 Å². The summed E-state index contributed by atoms with van der Waals surface area (Å²) in [5.74, 6) is 0.296. The molecule has 0 aliphatic heterocycles. The van der Waals surface area contributed by atoms with Crippen molar-refractivity contribution in [2.45, 2.75) is 23.9 Å². The third-order valence-electron chi connectivity index (χ3n) is 2.03. The molecule has 0 aliphatic rings. The molecule has 0 heterocycles. The van der Waals surface area contributed by atoms with E-state index in [0.717, 1.165) is 0 Å². The van der Waals surface area contributed by atoms with Crippen molar-refractivity contribution in [2.75, 3.05) is 6.61 Å². The smallest absolute Gasteiger partial charge is 0.389 e. The number of benzene rings is 1. The lowest BCUT2D eigenvalue weighted by molar-refractivity contribution is -0.136. The molecule has 102 valence electrons. The van der Waals surface area contributed by atoms with Gasteiger partial charge in [-0.2, -0.15) is 13.2 Å². The van der Waals surface area contributed by atoms with Crippen LogP contribution in [-0.4, -0.2) is 21.2 Å². The maximum Gasteiger partial charge on any atom is 0.389 e. The molecule has 1 rings (SSSR count). The van der Waals surface area contributed by atoms with Crippen LogP contribution in [0.5, 0.6) is 5.75 Å². The highest BCUT2D eigenvalue weighted by molar-refractivity contribution is 7.89. The summed E-state index contributed by atoms with van der Waals surface area (Å²) in [7, 11) is -3.77. The molecule has 0 unspecified atom stereocenters. The van der Waals surface area contributed by atoms with E-state index in [1.54, 1.807) is 0 Å². The molecule has 0 aromatic heterocycles. The van der Waals surface area contributed by atoms with Crippen molar-refractivity contribution in [3.05, 3.63) is 24.3 Å². The van der Waals surface area contributed by atoms with Crippen molar-refractivity contribution in [1.82, 2.24) is 0 Å². The Balaban J connectivity index is 2.45. The van der Waals surface area contributed by atoms with Crippen molar-refractivity contribution >= 4 is 10.0 Å². The van der Waals surface area contributed by atoms with Crippen LogP contribution in [0.3, 0.4) is 0 Å². The number of hydrogen-bond acceptors (Lipinski definition) is 3. The first kappa shape index (κ1) is 14.8. The van der Waals surface area contributed by atoms with Gasteiger partial charge in [-0.05, 0) is 30.7 Å². The monoisotopic (exact) mass is 283 g/mol. The van der Waals surface area contributed by atoms with Gasteiger partial charge in [0, 0.05) is 6.42 Å². The number of nitrogens with two attached hydrogens (primary N) is 1. The zero-order chi connectivity index (χ0) is 13.8. The first-order valence-corrected chi connectivity index (χ1v) is 6.55. The van der Waals surface area contributed by atoms with Gasteiger partial charge in [0.1, 0.15) is 5.75 Å². The second-order valence-corrected chi connectivity index (χ2v) is 5.15. The summed E-state index contributed by atoms with van der Waals surface area (Å²) in [5, 5.41) is 4.88. The lowest BCUT2D eigenvalue weighted by atomic mass is 10.3. The van der Waals surface area contributed by atoms with Gasteiger partial charge < -0.3 is 4.74 Å². The van der Waals surface area contributed by atoms with Gasteiger partial charge in [-0.25, -0.2) is 13.6 Å². The summed E-state index contributed by atoms with van der Waals surface area (Å²) in [6.07, 6.45) is -5.26. The van der Waals surface area contributed by atoms with Crippen molar-refractivity contribution in [1.29, 1.82) is 0 Å². The van der Waals surface area contributed by atoms with Gasteiger partial charge in [0.05, 0.1) is 11.5 Å². The van der Waals surface area contributed by atoms with Crippen molar-refractivity contribution in [3.63, 3.8) is 0 Å². The zero-order valence-corrected chi connectivity index (χ0v) is 10.1. The summed E-state index contributed by atoms with van der Waals surface area (Å²) in [6, 6.07) is 5.14. The average molecular weight is 283 g/mol. The number of rotatable bonds is 5. The molecule has 0 bridgehead atoms. The van der Waals surface area contributed by atoms with Gasteiger partial charge in [-0.1, -0.05) is 0 Å². The highest BCUT2D eigenvalue weighted by Gasteiger charge is 2.26. The molecule has 8 heteroatoms. The van der Waals surface area contributed by atoms with E-state index in [4.69, 9.17) is 9.88 Å². The molecule has 0 aliphatic carbocycles. The first-order valence-electron chi connectivity index (χ1n) is 5.01. The SMILES string of the molecule is NS(=O)(=O)c1ccc(OCCCC(F)(F)F)cc1. The molecule has 1 aromatic rings. The van der Waals surface area contributed by atoms with Gasteiger partial charge in [0.15, 0.2) is 0 Å². The largest absolute Gasteiger partial charge is 0.494 e. The highest BCUT2D eigenvalue weighted by Crippen LogP contribution is 2.21. The molecule has 0 radical (unpaired) electrons. The normalized spacial score (nSPS) is 12.4. The minimum absolute atomic E-state index is 0.0786. The Morgan fingerprint density at radius 1 is 1.17 bits per heavy atom. The molecule has 1 aromatic carbocycles. The van der Waals surface area contributed by atoms with Crippen LogP contribution in [0.25, 0.3) is 0 Å². The van der Waals surface area contributed by atoms with Crippen molar-refractivity contribution < 1.29 is 26.3 Å². The standard InChI is InChI=1S/C10H12F3NO3S/c11-10(12,13)6-1-7-17-8-2-4-9(5-3-8)18(14,15)16/h2-5H,1,6-7H2,(H2,14,15,16). The lowest BCUT2D eigenvalue weighted by Gasteiger charge is -2.08. The fraction of sp³-hybridized carbons (Fsp3) is 0.400. The average Bonchev–Trinajstić information content (AvgIpc) is 2.22. The van der Waals surface area contributed by atoms with Crippen LogP contribution in [0, 0.1) is 0 Å². The fourth-order valence-electron chi connectivity index (χ4n) is 1.19. The Labute approximate surface area is 103 Å². The van der Waals surface area contributed by atoms with Crippen LogP contribution in [0.2, 0.25) is 0 Å². The maximum atomic E-state index is 11.8. The minimum atomic E-state index is -4.19. The predicted octanol–water partition coefficient (Wildman–Crippen LogP) is 2.06. The molecule has 0 atom stereocenters. The zero-order valence-electron chi connectivity index (χ0n) is 9.27. The van der Waals surface area contributed by atoms with E-state index in [1.807, 2.05) is 0 Å². The summed E-state index contributed by atoms with van der Waals surface area (Å²) in [6.45, 7) is -0.0891. The van der Waals surface area contributed by atoms with Crippen LogP contribution >= 0.6 is 0 Å². The van der Waals surface area contributed by atoms with E-state index < -0.39 is 22.6 Å². The number of hydrogen-bond donors (Lipinski definition) is 1. The molecule has 0 spiro atoms. The molecular weight excluding hydrogens is 271 g/mol. The molecule has 0 saturated carbocycles. The predicted molar refractivity (Wildman–Crippen MR) is 58.6 cm³/mol. The van der Waals surface area contributed by atoms with Gasteiger partial charge >= 0.3 is 6.18 Å². The van der Waals surface area contributed by atoms with E-state index in [1.165, 1.54) is 24.3 Å². The Hall–Kier alpha value is -1.28. The molecule has 18 heavy (non-hydrogen) atoms. The second kappa shape index (κ2) is 5.57. The van der Waals surface area contributed by atoms with Crippen LogP contribution in [0.4, 0.5) is 13.2 Å². The van der Waals surface area contributed by atoms with Gasteiger partial charge in [0.25, 0.3) is 0 Å². The number of ether oxygens (including phenoxy) is 1. The number of primary sulfonamides is 1. The summed E-state index contributed by atoms with van der Waals surface area (Å²) >= 11 is 0. The van der Waals surface area contributed by atoms with Crippen LogP contribution in [0.15, 0.2) is 29.2 Å².